The number of hydrogen-bond acceptors (Lipinski definition) is 6. The van der Waals surface area contributed by atoms with Gasteiger partial charge in [-0.3, -0.25) is 9.69 Å². The third-order valence-electron chi connectivity index (χ3n) is 7.92. The lowest BCUT2D eigenvalue weighted by molar-refractivity contribution is -0.137. The van der Waals surface area contributed by atoms with Crippen LogP contribution in [0.4, 0.5) is 35.2 Å². The van der Waals surface area contributed by atoms with Crippen molar-refractivity contribution in [2.75, 3.05) is 28.2 Å². The van der Waals surface area contributed by atoms with Gasteiger partial charge in [-0.15, -0.1) is 0 Å². The molecule has 1 aromatic heterocycles. The molecule has 0 spiro atoms. The summed E-state index contributed by atoms with van der Waals surface area (Å²) < 4.78 is 40.1. The van der Waals surface area contributed by atoms with Gasteiger partial charge in [0.2, 0.25) is 5.91 Å². The second kappa shape index (κ2) is 10.7. The third-order valence-corrected chi connectivity index (χ3v) is 7.92. The Morgan fingerprint density at radius 2 is 1.76 bits per heavy atom. The first kappa shape index (κ1) is 27.7. The van der Waals surface area contributed by atoms with E-state index in [0.717, 1.165) is 49.3 Å². The smallest absolute Gasteiger partial charge is 0.368 e. The van der Waals surface area contributed by atoms with E-state index in [-0.39, 0.29) is 18.0 Å². The SMILES string of the molecule is CC1(CCC(=O)NCc2ccc(NC(=O)N3c4nc(-c5cccc(C(F)(F)F)c5)ccc4N4CCC3CC4)cc2)N=N1. The number of nitrogens with zero attached hydrogens (tertiary/aromatic N) is 5. The normalized spacial score (nSPS) is 17.0. The Bertz CT molecular complexity index is 1530. The van der Waals surface area contributed by atoms with Crippen LogP contribution in [-0.2, 0) is 17.5 Å². The number of urea groups is 1. The van der Waals surface area contributed by atoms with Crippen molar-refractivity contribution in [2.24, 2.45) is 10.2 Å². The van der Waals surface area contributed by atoms with E-state index in [1.165, 1.54) is 6.07 Å². The molecule has 4 aliphatic rings. The summed E-state index contributed by atoms with van der Waals surface area (Å²) in [6, 6.07) is 15.4. The molecule has 0 unspecified atom stereocenters. The Balaban J connectivity index is 1.18. The molecule has 12 heteroatoms. The molecule has 0 atom stereocenters. The summed E-state index contributed by atoms with van der Waals surface area (Å²) in [7, 11) is 0. The molecule has 0 saturated carbocycles. The predicted molar refractivity (Wildman–Crippen MR) is 152 cm³/mol. The number of carbonyl (C=O) groups excluding carboxylic acids is 2. The van der Waals surface area contributed by atoms with Crippen molar-refractivity contribution in [3.8, 4) is 11.3 Å². The Morgan fingerprint density at radius 3 is 2.45 bits per heavy atom. The Labute approximate surface area is 240 Å². The minimum Gasteiger partial charge on any atom is -0.368 e. The third kappa shape index (κ3) is 5.93. The number of benzene rings is 2. The first-order valence-electron chi connectivity index (χ1n) is 13.9. The topological polar surface area (TPSA) is 102 Å². The van der Waals surface area contributed by atoms with Crippen LogP contribution in [0.1, 0.15) is 43.7 Å². The number of nitrogens with one attached hydrogen (secondary N) is 2. The highest BCUT2D eigenvalue weighted by Crippen LogP contribution is 2.40. The molecule has 7 rings (SSSR count). The minimum absolute atomic E-state index is 0.0756. The first-order valence-corrected chi connectivity index (χ1v) is 13.9. The van der Waals surface area contributed by atoms with Crippen LogP contribution in [0.25, 0.3) is 11.3 Å². The number of pyridine rings is 1. The van der Waals surface area contributed by atoms with Crippen LogP contribution < -0.4 is 20.4 Å². The quantitative estimate of drug-likeness (QED) is 0.341. The number of amides is 3. The van der Waals surface area contributed by atoms with E-state index in [1.54, 1.807) is 29.2 Å². The van der Waals surface area contributed by atoms with E-state index in [1.807, 2.05) is 25.1 Å². The Morgan fingerprint density at radius 1 is 1.02 bits per heavy atom. The second-order valence-corrected chi connectivity index (χ2v) is 11.0. The molecule has 0 aliphatic carbocycles. The summed E-state index contributed by atoms with van der Waals surface area (Å²) in [4.78, 5) is 34.4. The number of hydrogen-bond donors (Lipinski definition) is 2. The number of aromatic nitrogens is 1. The van der Waals surface area contributed by atoms with Crippen molar-refractivity contribution in [3.05, 3.63) is 71.8 Å². The van der Waals surface area contributed by atoms with Crippen LogP contribution >= 0.6 is 0 Å². The zero-order valence-corrected chi connectivity index (χ0v) is 23.0. The molecule has 1 fully saturated rings. The lowest BCUT2D eigenvalue weighted by atomic mass is 10.1. The van der Waals surface area contributed by atoms with Crippen molar-refractivity contribution in [3.63, 3.8) is 0 Å². The maximum atomic E-state index is 13.7. The monoisotopic (exact) mass is 577 g/mol. The Kier molecular flexibility index (Phi) is 7.07. The van der Waals surface area contributed by atoms with Crippen molar-refractivity contribution in [1.82, 2.24) is 10.3 Å². The molecular weight excluding hydrogens is 547 g/mol. The molecule has 9 nitrogen and oxygen atoms in total. The summed E-state index contributed by atoms with van der Waals surface area (Å²) in [5.74, 6) is 0.357. The second-order valence-electron chi connectivity index (χ2n) is 11.0. The summed E-state index contributed by atoms with van der Waals surface area (Å²) in [6.45, 7) is 3.76. The van der Waals surface area contributed by atoms with E-state index < -0.39 is 17.4 Å². The fourth-order valence-corrected chi connectivity index (χ4v) is 5.40. The maximum Gasteiger partial charge on any atom is 0.416 e. The average Bonchev–Trinajstić information content (AvgIpc) is 3.77. The van der Waals surface area contributed by atoms with Crippen LogP contribution in [0.2, 0.25) is 0 Å². The van der Waals surface area contributed by atoms with Crippen molar-refractivity contribution in [2.45, 2.75) is 57.0 Å². The van der Waals surface area contributed by atoms with Crippen LogP contribution in [0.15, 0.2) is 70.9 Å². The van der Waals surface area contributed by atoms with E-state index in [9.17, 15) is 22.8 Å². The molecule has 3 amide bonds. The molecule has 2 bridgehead atoms. The summed E-state index contributed by atoms with van der Waals surface area (Å²) in [5.41, 5.74) is 1.78. The van der Waals surface area contributed by atoms with E-state index in [4.69, 9.17) is 4.98 Å². The van der Waals surface area contributed by atoms with Gasteiger partial charge < -0.3 is 15.5 Å². The number of carbonyl (C=O) groups is 2. The standard InChI is InChI=1S/C30H30F3N7O2/c1-29(37-38-29)14-11-26(41)34-18-19-5-7-22(8-6-19)35-28(42)40-23-12-15-39(16-13-23)25-10-9-24(36-27(25)40)20-3-2-4-21(17-20)30(31,32)33/h2-10,17,23H,11-16,18H2,1H3,(H,34,41)(H,35,42). The van der Waals surface area contributed by atoms with Gasteiger partial charge in [0.25, 0.3) is 0 Å². The number of halogens is 3. The van der Waals surface area contributed by atoms with Gasteiger partial charge >= 0.3 is 12.2 Å². The van der Waals surface area contributed by atoms with E-state index in [2.05, 4.69) is 25.8 Å². The molecule has 1 saturated heterocycles. The van der Waals surface area contributed by atoms with Gasteiger partial charge in [-0.25, -0.2) is 9.78 Å². The van der Waals surface area contributed by atoms with Gasteiger partial charge in [-0.05, 0) is 61.7 Å². The summed E-state index contributed by atoms with van der Waals surface area (Å²) in [5, 5.41) is 13.7. The van der Waals surface area contributed by atoms with Crippen molar-refractivity contribution < 1.29 is 22.8 Å². The molecule has 3 aromatic rings. The van der Waals surface area contributed by atoms with Gasteiger partial charge in [0.15, 0.2) is 11.5 Å². The zero-order chi connectivity index (χ0) is 29.5. The van der Waals surface area contributed by atoms with Gasteiger partial charge in [0.1, 0.15) is 0 Å². The molecule has 2 aromatic carbocycles. The molecule has 0 radical (unpaired) electrons. The Hall–Kier alpha value is -4.48. The molecular formula is C30H30F3N7O2. The fraction of sp³-hybridized carbons (Fsp3) is 0.367. The largest absolute Gasteiger partial charge is 0.416 e. The molecule has 5 heterocycles. The highest BCUT2D eigenvalue weighted by molar-refractivity contribution is 6.04. The summed E-state index contributed by atoms with van der Waals surface area (Å²) >= 11 is 0. The van der Waals surface area contributed by atoms with Gasteiger partial charge in [-0.1, -0.05) is 24.3 Å². The lowest BCUT2D eigenvalue weighted by Crippen LogP contribution is -2.46. The average molecular weight is 578 g/mol. The summed E-state index contributed by atoms with van der Waals surface area (Å²) in [6.07, 6.45) is -2.04. The fourth-order valence-electron chi connectivity index (χ4n) is 5.40. The van der Waals surface area contributed by atoms with Crippen molar-refractivity contribution in [1.29, 1.82) is 0 Å². The van der Waals surface area contributed by atoms with Crippen LogP contribution in [-0.4, -0.2) is 41.7 Å². The maximum absolute atomic E-state index is 13.7. The van der Waals surface area contributed by atoms with Crippen LogP contribution in [0, 0.1) is 0 Å². The molecule has 42 heavy (non-hydrogen) atoms. The van der Waals surface area contributed by atoms with E-state index in [0.29, 0.717) is 42.1 Å². The minimum atomic E-state index is -4.47. The number of anilines is 3. The highest BCUT2D eigenvalue weighted by atomic mass is 19.4. The number of piperidine rings is 1. The molecule has 2 N–H and O–H groups in total. The molecule has 218 valence electrons. The van der Waals surface area contributed by atoms with E-state index >= 15 is 0 Å². The van der Waals surface area contributed by atoms with Crippen molar-refractivity contribution >= 4 is 29.1 Å². The van der Waals surface area contributed by atoms with Gasteiger partial charge in [0.05, 0.1) is 16.9 Å². The number of alkyl halides is 3. The number of fused-ring (bicyclic) bond motifs is 2. The highest BCUT2D eigenvalue weighted by Gasteiger charge is 2.38. The van der Waals surface area contributed by atoms with Gasteiger partial charge in [0, 0.05) is 49.8 Å². The van der Waals surface area contributed by atoms with Crippen LogP contribution in [0.3, 0.4) is 0 Å². The van der Waals surface area contributed by atoms with Gasteiger partial charge in [-0.2, -0.15) is 23.4 Å². The predicted octanol–water partition coefficient (Wildman–Crippen LogP) is 6.37. The zero-order valence-electron chi connectivity index (χ0n) is 23.0. The lowest BCUT2D eigenvalue weighted by Gasteiger charge is -2.31. The molecule has 4 aliphatic heterocycles. The number of rotatable bonds is 7. The first-order chi connectivity index (χ1) is 20.1. The van der Waals surface area contributed by atoms with Crippen LogP contribution in [0.5, 0.6) is 0 Å².